The van der Waals surface area contributed by atoms with Gasteiger partial charge in [-0.25, -0.2) is 0 Å². The summed E-state index contributed by atoms with van der Waals surface area (Å²) in [5.41, 5.74) is 1.03. The normalized spacial score (nSPS) is 22.9. The van der Waals surface area contributed by atoms with Crippen molar-refractivity contribution in [3.8, 4) is 0 Å². The Morgan fingerprint density at radius 1 is 1.24 bits per heavy atom. The molecule has 6 heteroatoms. The molecule has 1 aliphatic heterocycles. The van der Waals surface area contributed by atoms with Gasteiger partial charge in [0, 0.05) is 13.0 Å². The number of hydrogen-bond acceptors (Lipinski definition) is 2. The SMILES string of the molecule is CC1NC(Cc2ccccc2)C(=O)N1CCCC(F)(F)F. The quantitative estimate of drug-likeness (QED) is 0.907. The van der Waals surface area contributed by atoms with Crippen LogP contribution in [0.4, 0.5) is 13.2 Å². The monoisotopic (exact) mass is 300 g/mol. The molecule has 1 saturated heterocycles. The van der Waals surface area contributed by atoms with Gasteiger partial charge in [0.25, 0.3) is 0 Å². The third kappa shape index (κ3) is 4.46. The number of alkyl halides is 3. The summed E-state index contributed by atoms with van der Waals surface area (Å²) in [6.45, 7) is 1.94. The smallest absolute Gasteiger partial charge is 0.326 e. The van der Waals surface area contributed by atoms with Gasteiger partial charge in [0.2, 0.25) is 5.91 Å². The zero-order valence-electron chi connectivity index (χ0n) is 11.9. The Morgan fingerprint density at radius 2 is 1.90 bits per heavy atom. The van der Waals surface area contributed by atoms with E-state index in [1.54, 1.807) is 6.92 Å². The molecule has 0 spiro atoms. The minimum Gasteiger partial charge on any atom is -0.326 e. The summed E-state index contributed by atoms with van der Waals surface area (Å²) in [5.74, 6) is -0.117. The maximum absolute atomic E-state index is 12.3. The van der Waals surface area contributed by atoms with Crippen LogP contribution >= 0.6 is 0 Å². The first kappa shape index (κ1) is 15.8. The largest absolute Gasteiger partial charge is 0.389 e. The molecule has 0 aliphatic carbocycles. The molecule has 2 unspecified atom stereocenters. The Balaban J connectivity index is 1.89. The fourth-order valence-corrected chi connectivity index (χ4v) is 2.59. The van der Waals surface area contributed by atoms with Gasteiger partial charge in [-0.15, -0.1) is 0 Å². The number of nitrogens with one attached hydrogen (secondary N) is 1. The van der Waals surface area contributed by atoms with Gasteiger partial charge >= 0.3 is 6.18 Å². The van der Waals surface area contributed by atoms with Gasteiger partial charge in [-0.05, 0) is 25.3 Å². The molecule has 0 radical (unpaired) electrons. The van der Waals surface area contributed by atoms with Crippen LogP contribution < -0.4 is 5.32 Å². The van der Waals surface area contributed by atoms with Crippen molar-refractivity contribution in [2.75, 3.05) is 6.54 Å². The summed E-state index contributed by atoms with van der Waals surface area (Å²) in [7, 11) is 0. The fourth-order valence-electron chi connectivity index (χ4n) is 2.59. The molecule has 3 nitrogen and oxygen atoms in total. The molecule has 0 saturated carbocycles. The summed E-state index contributed by atoms with van der Waals surface area (Å²) in [6.07, 6.45) is -4.74. The minimum absolute atomic E-state index is 0.0562. The molecule has 1 fully saturated rings. The van der Waals surface area contributed by atoms with E-state index in [-0.39, 0.29) is 31.1 Å². The molecular weight excluding hydrogens is 281 g/mol. The second-order valence-corrected chi connectivity index (χ2v) is 5.34. The lowest BCUT2D eigenvalue weighted by Gasteiger charge is -2.21. The Bertz CT molecular complexity index is 476. The molecule has 1 amide bonds. The summed E-state index contributed by atoms with van der Waals surface area (Å²) < 4.78 is 36.5. The van der Waals surface area contributed by atoms with Crippen molar-refractivity contribution in [2.45, 2.75) is 44.6 Å². The number of hydrogen-bond donors (Lipinski definition) is 1. The summed E-state index contributed by atoms with van der Waals surface area (Å²) in [4.78, 5) is 13.8. The van der Waals surface area contributed by atoms with Crippen LogP contribution in [0.5, 0.6) is 0 Å². The van der Waals surface area contributed by atoms with Crippen molar-refractivity contribution in [1.29, 1.82) is 0 Å². The van der Waals surface area contributed by atoms with Gasteiger partial charge in [0.05, 0.1) is 12.2 Å². The zero-order chi connectivity index (χ0) is 15.5. The van der Waals surface area contributed by atoms with E-state index in [4.69, 9.17) is 0 Å². The maximum Gasteiger partial charge on any atom is 0.389 e. The number of carbonyl (C=O) groups is 1. The molecule has 116 valence electrons. The Morgan fingerprint density at radius 3 is 2.52 bits per heavy atom. The van der Waals surface area contributed by atoms with Crippen LogP contribution in [0, 0.1) is 0 Å². The van der Waals surface area contributed by atoms with E-state index in [0.29, 0.717) is 6.42 Å². The predicted molar refractivity (Wildman–Crippen MR) is 73.5 cm³/mol. The third-order valence-corrected chi connectivity index (χ3v) is 3.63. The van der Waals surface area contributed by atoms with Crippen LogP contribution in [0.15, 0.2) is 30.3 Å². The minimum atomic E-state index is -4.16. The molecule has 2 rings (SSSR count). The number of amides is 1. The highest BCUT2D eigenvalue weighted by molar-refractivity contribution is 5.84. The Hall–Kier alpha value is -1.56. The van der Waals surface area contributed by atoms with Crippen molar-refractivity contribution in [3.63, 3.8) is 0 Å². The average molecular weight is 300 g/mol. The van der Waals surface area contributed by atoms with Crippen molar-refractivity contribution in [3.05, 3.63) is 35.9 Å². The lowest BCUT2D eigenvalue weighted by molar-refractivity contribution is -0.140. The molecule has 1 aromatic rings. The van der Waals surface area contributed by atoms with Crippen LogP contribution in [0.25, 0.3) is 0 Å². The molecule has 1 aliphatic rings. The second-order valence-electron chi connectivity index (χ2n) is 5.34. The molecule has 2 atom stereocenters. The lowest BCUT2D eigenvalue weighted by Crippen LogP contribution is -2.35. The van der Waals surface area contributed by atoms with Gasteiger partial charge in [-0.2, -0.15) is 13.2 Å². The number of nitrogens with zero attached hydrogens (tertiary/aromatic N) is 1. The van der Waals surface area contributed by atoms with Gasteiger partial charge in [-0.1, -0.05) is 30.3 Å². The molecular formula is C15H19F3N2O. The van der Waals surface area contributed by atoms with E-state index in [0.717, 1.165) is 5.56 Å². The molecule has 0 bridgehead atoms. The van der Waals surface area contributed by atoms with Crippen LogP contribution in [0.3, 0.4) is 0 Å². The van der Waals surface area contributed by atoms with Crippen LogP contribution in [-0.2, 0) is 11.2 Å². The summed E-state index contributed by atoms with van der Waals surface area (Å²) in [6, 6.07) is 9.23. The molecule has 1 aromatic carbocycles. The first-order chi connectivity index (χ1) is 9.87. The van der Waals surface area contributed by atoms with E-state index >= 15 is 0 Å². The van der Waals surface area contributed by atoms with Crippen molar-refractivity contribution < 1.29 is 18.0 Å². The average Bonchev–Trinajstić information content (AvgIpc) is 2.66. The van der Waals surface area contributed by atoms with E-state index in [9.17, 15) is 18.0 Å². The van der Waals surface area contributed by atoms with Crippen molar-refractivity contribution in [2.24, 2.45) is 0 Å². The molecule has 0 aromatic heterocycles. The summed E-state index contributed by atoms with van der Waals surface area (Å²) in [5, 5.41) is 3.14. The topological polar surface area (TPSA) is 32.3 Å². The Labute approximate surface area is 122 Å². The van der Waals surface area contributed by atoms with E-state index < -0.39 is 12.6 Å². The third-order valence-electron chi connectivity index (χ3n) is 3.63. The number of rotatable bonds is 5. The molecule has 1 heterocycles. The maximum atomic E-state index is 12.3. The number of benzene rings is 1. The molecule has 21 heavy (non-hydrogen) atoms. The van der Waals surface area contributed by atoms with Crippen LogP contribution in [0.1, 0.15) is 25.3 Å². The van der Waals surface area contributed by atoms with Crippen molar-refractivity contribution >= 4 is 5.91 Å². The fraction of sp³-hybridized carbons (Fsp3) is 0.533. The van der Waals surface area contributed by atoms with Gasteiger partial charge in [0.15, 0.2) is 0 Å². The first-order valence-electron chi connectivity index (χ1n) is 7.04. The van der Waals surface area contributed by atoms with Crippen LogP contribution in [0.2, 0.25) is 0 Å². The van der Waals surface area contributed by atoms with E-state index in [1.165, 1.54) is 4.90 Å². The van der Waals surface area contributed by atoms with E-state index in [1.807, 2.05) is 30.3 Å². The highest BCUT2D eigenvalue weighted by Gasteiger charge is 2.36. The molecule has 1 N–H and O–H groups in total. The van der Waals surface area contributed by atoms with Gasteiger partial charge in [0.1, 0.15) is 0 Å². The first-order valence-corrected chi connectivity index (χ1v) is 7.04. The standard InChI is InChI=1S/C15H19F3N2O/c1-11-19-13(10-12-6-3-2-4-7-12)14(21)20(11)9-5-8-15(16,17)18/h2-4,6-7,11,13,19H,5,8-10H2,1H3. The highest BCUT2D eigenvalue weighted by atomic mass is 19.4. The predicted octanol–water partition coefficient (Wildman–Crippen LogP) is 2.72. The Kier molecular flexibility index (Phi) is 4.88. The highest BCUT2D eigenvalue weighted by Crippen LogP contribution is 2.23. The van der Waals surface area contributed by atoms with E-state index in [2.05, 4.69) is 5.32 Å². The number of halogens is 3. The van der Waals surface area contributed by atoms with Gasteiger partial charge < -0.3 is 4.90 Å². The lowest BCUT2D eigenvalue weighted by atomic mass is 10.1. The summed E-state index contributed by atoms with van der Waals surface area (Å²) >= 11 is 0. The van der Waals surface area contributed by atoms with Crippen molar-refractivity contribution in [1.82, 2.24) is 10.2 Å². The van der Waals surface area contributed by atoms with Crippen LogP contribution in [-0.4, -0.2) is 35.7 Å². The number of carbonyl (C=O) groups excluding carboxylic acids is 1. The zero-order valence-corrected chi connectivity index (χ0v) is 11.9. The second kappa shape index (κ2) is 6.47. The van der Waals surface area contributed by atoms with Gasteiger partial charge in [-0.3, -0.25) is 10.1 Å².